The van der Waals surface area contributed by atoms with Gasteiger partial charge in [0.05, 0.1) is 0 Å². The number of halogens is 11. The molecule has 0 saturated heterocycles. The van der Waals surface area contributed by atoms with Crippen molar-refractivity contribution in [2.75, 3.05) is 0 Å². The second-order valence-corrected chi connectivity index (χ2v) is 11.2. The fourth-order valence-corrected chi connectivity index (χ4v) is 6.80. The van der Waals surface area contributed by atoms with E-state index in [9.17, 15) is 26.3 Å². The fraction of sp³-hybridized carbons (Fsp3) is 0.207. The number of rotatable bonds is 7. The highest BCUT2D eigenvalue weighted by Crippen LogP contribution is 2.50. The maximum absolute atomic E-state index is 15.8. The van der Waals surface area contributed by atoms with Gasteiger partial charge in [0.1, 0.15) is 35.7 Å². The largest absolute Gasteiger partial charge is 0.419 e. The van der Waals surface area contributed by atoms with Crippen molar-refractivity contribution in [2.45, 2.75) is 32.0 Å². The van der Waals surface area contributed by atoms with Crippen LogP contribution in [0.5, 0.6) is 0 Å². The lowest BCUT2D eigenvalue weighted by Crippen LogP contribution is -2.82. The Balaban J connectivity index is 2.32. The lowest BCUT2D eigenvalue weighted by molar-refractivity contribution is -0.543. The molecule has 13 heteroatoms. The van der Waals surface area contributed by atoms with Crippen LogP contribution in [0.1, 0.15) is 25.7 Å². The van der Waals surface area contributed by atoms with Gasteiger partial charge in [0.15, 0.2) is 34.9 Å². The van der Waals surface area contributed by atoms with Crippen molar-refractivity contribution in [3.63, 3.8) is 0 Å². The summed E-state index contributed by atoms with van der Waals surface area (Å²) in [5, 5.41) is -0.0740. The van der Waals surface area contributed by atoms with Crippen LogP contribution < -0.4 is 15.4 Å². The van der Waals surface area contributed by atoms with Crippen molar-refractivity contribution >= 4 is 28.8 Å². The van der Waals surface area contributed by atoms with Crippen molar-refractivity contribution in [3.8, 4) is 0 Å². The molecule has 1 aliphatic carbocycles. The quantitative estimate of drug-likeness (QED) is 0.0854. The molecule has 0 N–H and O–H groups in total. The van der Waals surface area contributed by atoms with E-state index in [1.165, 1.54) is 18.2 Å². The molecular formula is C29H21BClF10N. The summed E-state index contributed by atoms with van der Waals surface area (Å²) in [5.74, 6) is -25.2. The van der Waals surface area contributed by atoms with Gasteiger partial charge in [-0.3, -0.25) is 0 Å². The van der Waals surface area contributed by atoms with Crippen LogP contribution in [0.4, 0.5) is 43.9 Å². The molecule has 0 bridgehead atoms. The average Bonchev–Trinajstić information content (AvgIpc) is 2.92. The molecule has 3 aromatic rings. The Hall–Kier alpha value is -3.54. The van der Waals surface area contributed by atoms with Gasteiger partial charge in [-0.15, -0.1) is 0 Å². The smallest absolute Gasteiger partial charge is 0.344 e. The minimum atomic E-state index is -4.34. The van der Waals surface area contributed by atoms with Gasteiger partial charge < -0.3 is 4.48 Å². The molecule has 2 aromatic carbocycles. The molecule has 0 atom stereocenters. The van der Waals surface area contributed by atoms with Crippen molar-refractivity contribution < 1.29 is 48.4 Å². The van der Waals surface area contributed by atoms with Crippen LogP contribution in [-0.2, 0) is 0 Å². The first-order valence-corrected chi connectivity index (χ1v) is 12.8. The summed E-state index contributed by atoms with van der Waals surface area (Å²) in [4.78, 5) is 0. The van der Waals surface area contributed by atoms with E-state index in [0.717, 1.165) is 12.4 Å². The first-order chi connectivity index (χ1) is 19.6. The first-order valence-electron chi connectivity index (χ1n) is 12.4. The maximum Gasteiger partial charge on any atom is 0.344 e. The first kappa shape index (κ1) is 31.4. The second kappa shape index (κ2) is 11.3. The Morgan fingerprint density at radius 2 is 1.02 bits per heavy atom. The Morgan fingerprint density at radius 1 is 0.667 bits per heavy atom. The third-order valence-corrected chi connectivity index (χ3v) is 7.87. The second-order valence-electron chi connectivity index (χ2n) is 10.7. The van der Waals surface area contributed by atoms with E-state index in [-0.39, 0.29) is 30.7 Å². The number of hydrogen-bond donors (Lipinski definition) is 0. The van der Waals surface area contributed by atoms with Gasteiger partial charge in [-0.25, -0.2) is 43.9 Å². The molecule has 1 aliphatic rings. The summed E-state index contributed by atoms with van der Waals surface area (Å²) in [5.41, 5.74) is -4.14. The zero-order chi connectivity index (χ0) is 31.3. The number of pyridine rings is 1. The van der Waals surface area contributed by atoms with Crippen LogP contribution in [0.15, 0.2) is 66.5 Å². The molecule has 222 valence electrons. The topological polar surface area (TPSA) is 3.88 Å². The third kappa shape index (κ3) is 5.03. The summed E-state index contributed by atoms with van der Waals surface area (Å²) < 4.78 is 152. The van der Waals surface area contributed by atoms with Gasteiger partial charge in [-0.1, -0.05) is 65.8 Å². The highest BCUT2D eigenvalue weighted by atomic mass is 35.5. The summed E-state index contributed by atoms with van der Waals surface area (Å²) in [6, 6.07) is 3.70. The van der Waals surface area contributed by atoms with E-state index in [2.05, 4.69) is 19.7 Å². The van der Waals surface area contributed by atoms with Gasteiger partial charge in [-0.2, -0.15) is 0 Å². The van der Waals surface area contributed by atoms with Crippen LogP contribution in [0.2, 0.25) is 6.32 Å². The molecule has 1 aromatic heterocycles. The van der Waals surface area contributed by atoms with E-state index in [1.54, 1.807) is 0 Å². The highest BCUT2D eigenvalue weighted by Gasteiger charge is 2.56. The van der Waals surface area contributed by atoms with Crippen molar-refractivity contribution in [1.82, 2.24) is 0 Å². The number of hydrogen-bond acceptors (Lipinski definition) is 0. The highest BCUT2D eigenvalue weighted by molar-refractivity contribution is 6.96. The van der Waals surface area contributed by atoms with E-state index in [0.29, 0.717) is 15.6 Å². The monoisotopic (exact) mass is 619 g/mol. The molecule has 0 aliphatic heterocycles. The van der Waals surface area contributed by atoms with E-state index in [4.69, 9.17) is 11.6 Å². The van der Waals surface area contributed by atoms with Crippen LogP contribution in [0, 0.1) is 63.6 Å². The van der Waals surface area contributed by atoms with Gasteiger partial charge >= 0.3 is 6.28 Å². The molecule has 42 heavy (non-hydrogen) atoms. The Morgan fingerprint density at radius 3 is 1.38 bits per heavy atom. The van der Waals surface area contributed by atoms with Crippen LogP contribution in [-0.4, -0.2) is 6.28 Å². The normalized spacial score (nSPS) is 15.3. The molecule has 0 spiro atoms. The summed E-state index contributed by atoms with van der Waals surface area (Å²) >= 11 is 6.14. The van der Waals surface area contributed by atoms with Gasteiger partial charge in [0.2, 0.25) is 0 Å². The number of allylic oxidation sites excluding steroid dienone is 3. The number of aromatic nitrogens is 1. The number of benzene rings is 2. The SMILES string of the molecule is C=C(Cl)CC1(C[B-](c2c(F)c(F)c(F)c(F)c2F)(c2c(F)c(F)c(F)c(F)c2F)[n+]2ccccc2)CC(=C)CC(=C)C1. The molecule has 4 rings (SSSR count). The Bertz CT molecular complexity index is 1490. The van der Waals surface area contributed by atoms with E-state index in [1.807, 2.05) is 0 Å². The summed E-state index contributed by atoms with van der Waals surface area (Å²) in [6.07, 6.45) is -3.53. The lowest BCUT2D eigenvalue weighted by Gasteiger charge is -2.48. The minimum Gasteiger partial charge on any atom is -0.419 e. The molecule has 0 radical (unpaired) electrons. The van der Waals surface area contributed by atoms with E-state index < -0.39 is 87.1 Å². The zero-order valence-corrected chi connectivity index (χ0v) is 22.5. The predicted molar refractivity (Wildman–Crippen MR) is 139 cm³/mol. The third-order valence-electron chi connectivity index (χ3n) is 7.74. The average molecular weight is 620 g/mol. The van der Waals surface area contributed by atoms with Gasteiger partial charge in [0, 0.05) is 5.03 Å². The van der Waals surface area contributed by atoms with Crippen molar-refractivity contribution in [3.05, 3.63) is 125 Å². The lowest BCUT2D eigenvalue weighted by atomic mass is 9.22. The molecule has 1 heterocycles. The molecule has 0 amide bonds. The van der Waals surface area contributed by atoms with Gasteiger partial charge in [-0.05, 0) is 43.2 Å². The Labute approximate surface area is 239 Å². The molecular weight excluding hydrogens is 599 g/mol. The van der Waals surface area contributed by atoms with Crippen LogP contribution in [0.3, 0.4) is 0 Å². The minimum absolute atomic E-state index is 0.0740. The standard InChI is InChI=1S/C29H21BClF10N/c1-14-9-15(2)11-29(10-14,12-16(3)31)13-30(42-7-5-4-6-8-42,17-19(32)23(36)27(40)24(37)20(17)33)18-21(34)25(38)28(41)26(39)22(18)35/h4-8H,1-3,9-13H2. The summed E-state index contributed by atoms with van der Waals surface area (Å²) in [7, 11) is 0. The van der Waals surface area contributed by atoms with Crippen molar-refractivity contribution in [1.29, 1.82) is 0 Å². The van der Waals surface area contributed by atoms with Gasteiger partial charge in [0.25, 0.3) is 0 Å². The summed E-state index contributed by atoms with van der Waals surface area (Å²) in [6.45, 7) is 11.4. The predicted octanol–water partition coefficient (Wildman–Crippen LogP) is 7.40. The molecule has 1 nitrogen and oxygen atoms in total. The van der Waals surface area contributed by atoms with Crippen LogP contribution in [0.25, 0.3) is 0 Å². The molecule has 1 saturated carbocycles. The zero-order valence-electron chi connectivity index (χ0n) is 21.7. The number of nitrogens with zero attached hydrogens (tertiary/aromatic N) is 1. The van der Waals surface area contributed by atoms with Crippen molar-refractivity contribution in [2.24, 2.45) is 5.41 Å². The van der Waals surface area contributed by atoms with E-state index >= 15 is 17.6 Å². The maximum atomic E-state index is 15.8. The molecule has 1 fully saturated rings. The molecule has 0 unspecified atom stereocenters. The Kier molecular flexibility index (Phi) is 8.43. The fourth-order valence-electron chi connectivity index (χ4n) is 6.52. The van der Waals surface area contributed by atoms with Crippen LogP contribution >= 0.6 is 11.6 Å².